The largest absolute Gasteiger partial charge is 0.373 e. The molecule has 0 aromatic carbocycles. The molecule has 1 aliphatic heterocycles. The summed E-state index contributed by atoms with van der Waals surface area (Å²) in [6.07, 6.45) is 3.76. The van der Waals surface area contributed by atoms with Gasteiger partial charge in [0.25, 0.3) is 11.5 Å². The van der Waals surface area contributed by atoms with E-state index in [1.165, 1.54) is 17.7 Å². The van der Waals surface area contributed by atoms with Crippen LogP contribution < -0.4 is 10.9 Å². The standard InChI is InChI=1S/C16H19N5O2/c1-17-14-9-11(6-7-18-14)12-3-2-8-21(10-12)16(23)13-4-5-15(22)20-19-13/h4-7,9,12H,2-3,8,10H2,1H3,(H,17,18)(H,20,22)/t12-/m1/s1. The van der Waals surface area contributed by atoms with E-state index in [1.54, 1.807) is 11.1 Å². The molecule has 23 heavy (non-hydrogen) atoms. The second-order valence-electron chi connectivity index (χ2n) is 5.62. The van der Waals surface area contributed by atoms with Crippen molar-refractivity contribution in [1.29, 1.82) is 0 Å². The van der Waals surface area contributed by atoms with E-state index in [9.17, 15) is 9.59 Å². The Morgan fingerprint density at radius 3 is 3.00 bits per heavy atom. The molecule has 3 heterocycles. The van der Waals surface area contributed by atoms with Crippen LogP contribution in [-0.2, 0) is 0 Å². The van der Waals surface area contributed by atoms with Crippen LogP contribution in [0.4, 0.5) is 5.82 Å². The van der Waals surface area contributed by atoms with E-state index in [0.29, 0.717) is 13.1 Å². The van der Waals surface area contributed by atoms with Crippen molar-refractivity contribution in [2.45, 2.75) is 18.8 Å². The Bertz CT molecular complexity index is 738. The molecular weight excluding hydrogens is 294 g/mol. The first-order valence-electron chi connectivity index (χ1n) is 7.66. The van der Waals surface area contributed by atoms with E-state index in [0.717, 1.165) is 18.7 Å². The lowest BCUT2D eigenvalue weighted by Crippen LogP contribution is -2.39. The maximum atomic E-state index is 12.5. The fourth-order valence-electron chi connectivity index (χ4n) is 2.90. The Balaban J connectivity index is 1.76. The molecule has 3 rings (SSSR count). The summed E-state index contributed by atoms with van der Waals surface area (Å²) in [5.41, 5.74) is 1.14. The van der Waals surface area contributed by atoms with E-state index in [1.807, 2.05) is 19.2 Å². The van der Waals surface area contributed by atoms with E-state index < -0.39 is 0 Å². The van der Waals surface area contributed by atoms with Crippen LogP contribution in [0.2, 0.25) is 0 Å². The van der Waals surface area contributed by atoms with Gasteiger partial charge in [0.1, 0.15) is 11.5 Å². The van der Waals surface area contributed by atoms with Gasteiger partial charge in [-0.2, -0.15) is 5.10 Å². The number of nitrogens with zero attached hydrogens (tertiary/aromatic N) is 3. The van der Waals surface area contributed by atoms with E-state index in [4.69, 9.17) is 0 Å². The zero-order valence-corrected chi connectivity index (χ0v) is 13.0. The number of rotatable bonds is 3. The molecule has 7 heteroatoms. The highest BCUT2D eigenvalue weighted by molar-refractivity contribution is 5.92. The fraction of sp³-hybridized carbons (Fsp3) is 0.375. The lowest BCUT2D eigenvalue weighted by molar-refractivity contribution is 0.0700. The monoisotopic (exact) mass is 313 g/mol. The maximum absolute atomic E-state index is 12.5. The molecule has 1 atom stereocenters. The molecule has 1 fully saturated rings. The van der Waals surface area contributed by atoms with Crippen LogP contribution in [0.15, 0.2) is 35.3 Å². The topological polar surface area (TPSA) is 91.0 Å². The summed E-state index contributed by atoms with van der Waals surface area (Å²) in [6.45, 7) is 1.35. The Morgan fingerprint density at radius 1 is 1.39 bits per heavy atom. The van der Waals surface area contributed by atoms with Crippen molar-refractivity contribution >= 4 is 11.7 Å². The summed E-state index contributed by atoms with van der Waals surface area (Å²) in [6, 6.07) is 6.81. The number of amides is 1. The minimum atomic E-state index is -0.311. The predicted octanol–water partition coefficient (Wildman–Crippen LogP) is 1.23. The smallest absolute Gasteiger partial charge is 0.274 e. The number of H-pyrrole nitrogens is 1. The van der Waals surface area contributed by atoms with Gasteiger partial charge in [0, 0.05) is 38.3 Å². The molecule has 0 radical (unpaired) electrons. The average molecular weight is 313 g/mol. The van der Waals surface area contributed by atoms with Crippen molar-refractivity contribution in [3.63, 3.8) is 0 Å². The highest BCUT2D eigenvalue weighted by Gasteiger charge is 2.26. The zero-order chi connectivity index (χ0) is 16.2. The highest BCUT2D eigenvalue weighted by Crippen LogP contribution is 2.28. The molecule has 1 amide bonds. The number of nitrogens with one attached hydrogen (secondary N) is 2. The van der Waals surface area contributed by atoms with Gasteiger partial charge >= 0.3 is 0 Å². The van der Waals surface area contributed by atoms with Gasteiger partial charge in [-0.1, -0.05) is 0 Å². The van der Waals surface area contributed by atoms with E-state index in [2.05, 4.69) is 20.5 Å². The number of piperidine rings is 1. The number of aromatic nitrogens is 3. The van der Waals surface area contributed by atoms with Gasteiger partial charge in [0.2, 0.25) is 0 Å². The number of carbonyl (C=O) groups is 1. The summed E-state index contributed by atoms with van der Waals surface area (Å²) in [7, 11) is 1.84. The van der Waals surface area contributed by atoms with Crippen LogP contribution in [0, 0.1) is 0 Å². The van der Waals surface area contributed by atoms with Crippen LogP contribution >= 0.6 is 0 Å². The predicted molar refractivity (Wildman–Crippen MR) is 86.5 cm³/mol. The second kappa shape index (κ2) is 6.60. The number of hydrogen-bond donors (Lipinski definition) is 2. The van der Waals surface area contributed by atoms with Gasteiger partial charge in [0.15, 0.2) is 0 Å². The normalized spacial score (nSPS) is 17.8. The van der Waals surface area contributed by atoms with Gasteiger partial charge in [-0.15, -0.1) is 0 Å². The number of likely N-dealkylation sites (tertiary alicyclic amines) is 1. The molecule has 0 saturated carbocycles. The van der Waals surface area contributed by atoms with Crippen molar-refractivity contribution < 1.29 is 4.79 Å². The fourth-order valence-corrected chi connectivity index (χ4v) is 2.90. The van der Waals surface area contributed by atoms with Crippen LogP contribution in [0.1, 0.15) is 34.8 Å². The molecule has 1 aliphatic rings. The summed E-state index contributed by atoms with van der Waals surface area (Å²) >= 11 is 0. The first-order chi connectivity index (χ1) is 11.2. The molecule has 2 aromatic rings. The number of pyridine rings is 1. The molecule has 0 bridgehead atoms. The Hall–Kier alpha value is -2.70. The quantitative estimate of drug-likeness (QED) is 0.889. The van der Waals surface area contributed by atoms with Crippen molar-refractivity contribution in [2.24, 2.45) is 0 Å². The molecule has 0 aliphatic carbocycles. The summed E-state index contributed by atoms with van der Waals surface area (Å²) in [5, 5.41) is 9.17. The number of aromatic amines is 1. The number of carbonyl (C=O) groups excluding carboxylic acids is 1. The molecule has 2 N–H and O–H groups in total. The minimum absolute atomic E-state index is 0.145. The second-order valence-corrected chi connectivity index (χ2v) is 5.62. The summed E-state index contributed by atoms with van der Waals surface area (Å²) < 4.78 is 0. The summed E-state index contributed by atoms with van der Waals surface area (Å²) in [5.74, 6) is 0.965. The van der Waals surface area contributed by atoms with Crippen molar-refractivity contribution in [3.8, 4) is 0 Å². The Kier molecular flexibility index (Phi) is 4.36. The Morgan fingerprint density at radius 2 is 2.26 bits per heavy atom. The van der Waals surface area contributed by atoms with Gasteiger partial charge in [-0.05, 0) is 36.6 Å². The van der Waals surface area contributed by atoms with E-state index in [-0.39, 0.29) is 23.1 Å². The average Bonchev–Trinajstić information content (AvgIpc) is 2.62. The Labute approximate surface area is 133 Å². The zero-order valence-electron chi connectivity index (χ0n) is 13.0. The van der Waals surface area contributed by atoms with Gasteiger partial charge in [0.05, 0.1) is 0 Å². The first-order valence-corrected chi connectivity index (χ1v) is 7.66. The third-order valence-electron chi connectivity index (χ3n) is 4.12. The summed E-state index contributed by atoms with van der Waals surface area (Å²) in [4.78, 5) is 29.6. The molecule has 2 aromatic heterocycles. The van der Waals surface area contributed by atoms with Gasteiger partial charge < -0.3 is 10.2 Å². The van der Waals surface area contributed by atoms with Crippen molar-refractivity contribution in [2.75, 3.05) is 25.5 Å². The van der Waals surface area contributed by atoms with Crippen molar-refractivity contribution in [3.05, 3.63) is 52.1 Å². The minimum Gasteiger partial charge on any atom is -0.373 e. The van der Waals surface area contributed by atoms with Crippen LogP contribution in [0.25, 0.3) is 0 Å². The molecule has 120 valence electrons. The lowest BCUT2D eigenvalue weighted by Gasteiger charge is -2.32. The SMILES string of the molecule is CNc1cc([C@@H]2CCCN(C(=O)c3ccc(=O)[nH]n3)C2)ccn1. The number of anilines is 1. The first kappa shape index (κ1) is 15.2. The van der Waals surface area contributed by atoms with Gasteiger partial charge in [-0.25, -0.2) is 10.1 Å². The van der Waals surface area contributed by atoms with Crippen LogP contribution in [0.3, 0.4) is 0 Å². The van der Waals surface area contributed by atoms with E-state index >= 15 is 0 Å². The number of hydrogen-bond acceptors (Lipinski definition) is 5. The van der Waals surface area contributed by atoms with Crippen LogP contribution in [0.5, 0.6) is 0 Å². The third-order valence-corrected chi connectivity index (χ3v) is 4.12. The van der Waals surface area contributed by atoms with Gasteiger partial charge in [-0.3, -0.25) is 9.59 Å². The molecule has 7 nitrogen and oxygen atoms in total. The third kappa shape index (κ3) is 3.39. The molecular formula is C16H19N5O2. The molecule has 0 spiro atoms. The molecule has 0 unspecified atom stereocenters. The van der Waals surface area contributed by atoms with Crippen LogP contribution in [-0.4, -0.2) is 46.1 Å². The highest BCUT2D eigenvalue weighted by atomic mass is 16.2. The lowest BCUT2D eigenvalue weighted by atomic mass is 9.91. The molecule has 1 saturated heterocycles. The maximum Gasteiger partial charge on any atom is 0.274 e. The van der Waals surface area contributed by atoms with Crippen molar-refractivity contribution in [1.82, 2.24) is 20.1 Å².